The Hall–Kier alpha value is -3.47. The number of likely N-dealkylation sites (N-methyl/N-ethyl adjacent to an activating group) is 1. The molecule has 1 atom stereocenters. The van der Waals surface area contributed by atoms with Crippen molar-refractivity contribution in [2.24, 2.45) is 5.92 Å². The fourth-order valence-electron chi connectivity index (χ4n) is 4.13. The summed E-state index contributed by atoms with van der Waals surface area (Å²) in [7, 11) is 1.83. The average Bonchev–Trinajstić information content (AvgIpc) is 2.84. The van der Waals surface area contributed by atoms with Crippen LogP contribution in [0, 0.1) is 5.92 Å². The molecule has 4 rings (SSSR count). The highest BCUT2D eigenvalue weighted by Crippen LogP contribution is 2.24. The number of carbonyl (C=O) groups excluding carboxylic acids is 2. The summed E-state index contributed by atoms with van der Waals surface area (Å²) in [5.74, 6) is 0.235. The molecular formula is C27H29N3O2. The summed E-state index contributed by atoms with van der Waals surface area (Å²) in [4.78, 5) is 31.0. The SMILES string of the molecule is CN(CCc1ccccn1)C(=O)c1cccc(-c2ccc(C[C@H]3CCCNC3=O)cc2)c1. The van der Waals surface area contributed by atoms with Gasteiger partial charge >= 0.3 is 0 Å². The van der Waals surface area contributed by atoms with Gasteiger partial charge in [0.25, 0.3) is 5.91 Å². The number of aromatic nitrogens is 1. The van der Waals surface area contributed by atoms with E-state index in [1.165, 1.54) is 0 Å². The molecule has 3 aromatic rings. The van der Waals surface area contributed by atoms with Crippen molar-refractivity contribution in [1.29, 1.82) is 0 Å². The summed E-state index contributed by atoms with van der Waals surface area (Å²) in [5, 5.41) is 2.96. The third-order valence-corrected chi connectivity index (χ3v) is 6.05. The van der Waals surface area contributed by atoms with Gasteiger partial charge in [-0.1, -0.05) is 42.5 Å². The third-order valence-electron chi connectivity index (χ3n) is 6.05. The lowest BCUT2D eigenvalue weighted by Gasteiger charge is -2.21. The predicted octanol–water partition coefficient (Wildman–Crippen LogP) is 4.13. The van der Waals surface area contributed by atoms with Crippen LogP contribution in [0.2, 0.25) is 0 Å². The molecule has 1 aliphatic rings. The Morgan fingerprint density at radius 1 is 1.06 bits per heavy atom. The number of benzene rings is 2. The first-order valence-corrected chi connectivity index (χ1v) is 11.2. The van der Waals surface area contributed by atoms with Crippen molar-refractivity contribution in [1.82, 2.24) is 15.2 Å². The molecule has 1 aromatic heterocycles. The van der Waals surface area contributed by atoms with Gasteiger partial charge in [0.05, 0.1) is 0 Å². The second-order valence-electron chi connectivity index (χ2n) is 8.41. The molecule has 1 saturated heterocycles. The lowest BCUT2D eigenvalue weighted by Crippen LogP contribution is -2.37. The number of hydrogen-bond donors (Lipinski definition) is 1. The number of rotatable bonds is 7. The standard InChI is InChI=1S/C27H29N3O2/c1-30(17-14-25-9-2-3-15-28-25)27(32)24-7-4-6-22(19-24)21-12-10-20(11-13-21)18-23-8-5-16-29-26(23)31/h2-4,6-7,9-13,15,19,23H,5,8,14,16-18H2,1H3,(H,29,31)/t23-/m1/s1. The van der Waals surface area contributed by atoms with Gasteiger partial charge in [-0.3, -0.25) is 14.6 Å². The maximum absolute atomic E-state index is 12.9. The van der Waals surface area contributed by atoms with Gasteiger partial charge in [-0.05, 0) is 60.2 Å². The third kappa shape index (κ3) is 5.41. The lowest BCUT2D eigenvalue weighted by atomic mass is 9.91. The zero-order valence-electron chi connectivity index (χ0n) is 18.5. The molecule has 0 saturated carbocycles. The highest BCUT2D eigenvalue weighted by molar-refractivity contribution is 5.95. The molecule has 32 heavy (non-hydrogen) atoms. The smallest absolute Gasteiger partial charge is 0.253 e. The van der Waals surface area contributed by atoms with Gasteiger partial charge in [0.2, 0.25) is 5.91 Å². The van der Waals surface area contributed by atoms with Crippen LogP contribution >= 0.6 is 0 Å². The first kappa shape index (κ1) is 21.8. The van der Waals surface area contributed by atoms with Crippen LogP contribution < -0.4 is 5.32 Å². The van der Waals surface area contributed by atoms with E-state index in [2.05, 4.69) is 34.6 Å². The molecule has 164 valence electrons. The van der Waals surface area contributed by atoms with E-state index in [1.807, 2.05) is 49.5 Å². The second-order valence-corrected chi connectivity index (χ2v) is 8.41. The molecule has 2 aromatic carbocycles. The van der Waals surface area contributed by atoms with Crippen LogP contribution in [-0.2, 0) is 17.6 Å². The monoisotopic (exact) mass is 427 g/mol. The predicted molar refractivity (Wildman–Crippen MR) is 126 cm³/mol. The van der Waals surface area contributed by atoms with E-state index in [0.29, 0.717) is 12.1 Å². The maximum atomic E-state index is 12.9. The molecule has 0 radical (unpaired) electrons. The highest BCUT2D eigenvalue weighted by atomic mass is 16.2. The lowest BCUT2D eigenvalue weighted by molar-refractivity contribution is -0.126. The summed E-state index contributed by atoms with van der Waals surface area (Å²) in [6.45, 7) is 1.41. The Bertz CT molecular complexity index is 1060. The fraction of sp³-hybridized carbons (Fsp3) is 0.296. The zero-order valence-corrected chi connectivity index (χ0v) is 18.5. The minimum absolute atomic E-state index is 0.00251. The van der Waals surface area contributed by atoms with Crippen LogP contribution in [0.3, 0.4) is 0 Å². The van der Waals surface area contributed by atoms with Crippen LogP contribution in [0.1, 0.15) is 34.5 Å². The summed E-state index contributed by atoms with van der Waals surface area (Å²) >= 11 is 0. The van der Waals surface area contributed by atoms with Crippen molar-refractivity contribution >= 4 is 11.8 Å². The molecule has 1 aliphatic heterocycles. The average molecular weight is 428 g/mol. The van der Waals surface area contributed by atoms with Crippen molar-refractivity contribution in [2.75, 3.05) is 20.1 Å². The van der Waals surface area contributed by atoms with E-state index in [4.69, 9.17) is 0 Å². The van der Waals surface area contributed by atoms with Crippen molar-refractivity contribution in [3.8, 4) is 11.1 Å². The Morgan fingerprint density at radius 2 is 1.91 bits per heavy atom. The molecular weight excluding hydrogens is 398 g/mol. The van der Waals surface area contributed by atoms with Crippen LogP contribution in [0.5, 0.6) is 0 Å². The summed E-state index contributed by atoms with van der Waals surface area (Å²) in [6, 6.07) is 21.9. The number of nitrogens with zero attached hydrogens (tertiary/aromatic N) is 2. The Balaban J connectivity index is 1.40. The number of pyridine rings is 1. The number of amides is 2. The van der Waals surface area contributed by atoms with Crippen molar-refractivity contribution in [3.05, 3.63) is 89.7 Å². The molecule has 5 heteroatoms. The van der Waals surface area contributed by atoms with E-state index in [0.717, 1.165) is 54.6 Å². The van der Waals surface area contributed by atoms with E-state index in [-0.39, 0.29) is 17.7 Å². The summed E-state index contributed by atoms with van der Waals surface area (Å²) in [6.07, 6.45) is 5.27. The first-order chi connectivity index (χ1) is 15.6. The molecule has 0 bridgehead atoms. The number of hydrogen-bond acceptors (Lipinski definition) is 3. The van der Waals surface area contributed by atoms with Gasteiger partial charge in [0.15, 0.2) is 0 Å². The quantitative estimate of drug-likeness (QED) is 0.617. The van der Waals surface area contributed by atoms with Gasteiger partial charge in [0.1, 0.15) is 0 Å². The van der Waals surface area contributed by atoms with E-state index in [9.17, 15) is 9.59 Å². The number of carbonyl (C=O) groups is 2. The largest absolute Gasteiger partial charge is 0.356 e. The Kier molecular flexibility index (Phi) is 6.95. The molecule has 2 heterocycles. The number of piperidine rings is 1. The van der Waals surface area contributed by atoms with Crippen LogP contribution in [0.15, 0.2) is 72.9 Å². The van der Waals surface area contributed by atoms with Crippen molar-refractivity contribution < 1.29 is 9.59 Å². The molecule has 0 unspecified atom stereocenters. The molecule has 2 amide bonds. The normalized spacial score (nSPS) is 15.8. The van der Waals surface area contributed by atoms with E-state index < -0.39 is 0 Å². The second kappa shape index (κ2) is 10.2. The topological polar surface area (TPSA) is 62.3 Å². The van der Waals surface area contributed by atoms with Gasteiger partial charge in [-0.25, -0.2) is 0 Å². The van der Waals surface area contributed by atoms with Crippen molar-refractivity contribution in [3.63, 3.8) is 0 Å². The minimum Gasteiger partial charge on any atom is -0.356 e. The van der Waals surface area contributed by atoms with Gasteiger partial charge < -0.3 is 10.2 Å². The Labute approximate surface area is 189 Å². The molecule has 0 spiro atoms. The van der Waals surface area contributed by atoms with Gasteiger partial charge in [0, 0.05) is 49.9 Å². The fourth-order valence-corrected chi connectivity index (χ4v) is 4.13. The maximum Gasteiger partial charge on any atom is 0.253 e. The van der Waals surface area contributed by atoms with Crippen LogP contribution in [0.25, 0.3) is 11.1 Å². The van der Waals surface area contributed by atoms with Crippen LogP contribution in [0.4, 0.5) is 0 Å². The highest BCUT2D eigenvalue weighted by Gasteiger charge is 2.22. The van der Waals surface area contributed by atoms with Gasteiger partial charge in [-0.2, -0.15) is 0 Å². The number of nitrogens with one attached hydrogen (secondary N) is 1. The van der Waals surface area contributed by atoms with E-state index in [1.54, 1.807) is 11.1 Å². The molecule has 1 N–H and O–H groups in total. The Morgan fingerprint density at radius 3 is 2.66 bits per heavy atom. The molecule has 5 nitrogen and oxygen atoms in total. The minimum atomic E-state index is 0.00251. The zero-order chi connectivity index (χ0) is 22.3. The molecule has 1 fully saturated rings. The molecule has 0 aliphatic carbocycles. The summed E-state index contributed by atoms with van der Waals surface area (Å²) in [5.41, 5.74) is 4.89. The summed E-state index contributed by atoms with van der Waals surface area (Å²) < 4.78 is 0. The first-order valence-electron chi connectivity index (χ1n) is 11.2. The van der Waals surface area contributed by atoms with E-state index >= 15 is 0 Å². The van der Waals surface area contributed by atoms with Gasteiger partial charge in [-0.15, -0.1) is 0 Å². The van der Waals surface area contributed by atoms with Crippen LogP contribution in [-0.4, -0.2) is 41.8 Å². The van der Waals surface area contributed by atoms with Crippen molar-refractivity contribution in [2.45, 2.75) is 25.7 Å².